The van der Waals surface area contributed by atoms with E-state index in [-0.39, 0.29) is 12.3 Å². The number of carbonyl (C=O) groups excluding carboxylic acids is 1. The highest BCUT2D eigenvalue weighted by atomic mass is 32.1. The van der Waals surface area contributed by atoms with E-state index < -0.39 is 0 Å². The van der Waals surface area contributed by atoms with E-state index in [4.69, 9.17) is 4.74 Å². The second kappa shape index (κ2) is 7.54. The fourth-order valence-electron chi connectivity index (χ4n) is 1.69. The number of rotatable bonds is 6. The molecule has 0 aliphatic heterocycles. The summed E-state index contributed by atoms with van der Waals surface area (Å²) in [7, 11) is 0. The second-order valence-electron chi connectivity index (χ2n) is 4.33. The third-order valence-electron chi connectivity index (χ3n) is 2.60. The Hall–Kier alpha value is -2.21. The molecular weight excluding hydrogens is 286 g/mol. The van der Waals surface area contributed by atoms with E-state index in [0.29, 0.717) is 6.61 Å². The Kier molecular flexibility index (Phi) is 5.45. The molecule has 1 N–H and O–H groups in total. The minimum atomic E-state index is -0.178. The number of hydrazone groups is 1. The second-order valence-corrected chi connectivity index (χ2v) is 5.39. The highest BCUT2D eigenvalue weighted by Crippen LogP contribution is 2.10. The first-order valence-corrected chi connectivity index (χ1v) is 7.51. The average molecular weight is 303 g/mol. The summed E-state index contributed by atoms with van der Waals surface area (Å²) < 4.78 is 5.35. The normalized spacial score (nSPS) is 10.8. The van der Waals surface area contributed by atoms with Crippen LogP contribution in [0.15, 0.2) is 34.7 Å². The number of benzene rings is 1. The van der Waals surface area contributed by atoms with Crippen molar-refractivity contribution >= 4 is 23.5 Å². The van der Waals surface area contributed by atoms with E-state index in [1.165, 1.54) is 11.3 Å². The molecule has 1 heterocycles. The molecule has 0 aliphatic carbocycles. The molecule has 5 nitrogen and oxygen atoms in total. The van der Waals surface area contributed by atoms with E-state index >= 15 is 0 Å². The fourth-order valence-corrected chi connectivity index (χ4v) is 2.30. The zero-order valence-corrected chi connectivity index (χ0v) is 12.8. The Morgan fingerprint density at radius 1 is 1.43 bits per heavy atom. The smallest absolute Gasteiger partial charge is 0.246 e. The standard InChI is InChI=1S/C15H17N3O2S/c1-3-20-14-6-4-12(5-7-14)9-16-18-15(19)8-13-10-21-11(2)17-13/h4-7,9-10H,3,8H2,1-2H3,(H,18,19)/b16-9-. The maximum atomic E-state index is 11.7. The molecule has 110 valence electrons. The van der Waals surface area contributed by atoms with Crippen LogP contribution in [0.25, 0.3) is 0 Å². The third-order valence-corrected chi connectivity index (χ3v) is 3.42. The van der Waals surface area contributed by atoms with E-state index in [2.05, 4.69) is 15.5 Å². The highest BCUT2D eigenvalue weighted by molar-refractivity contribution is 7.09. The topological polar surface area (TPSA) is 63.6 Å². The van der Waals surface area contributed by atoms with Gasteiger partial charge in [0.25, 0.3) is 0 Å². The molecule has 0 fully saturated rings. The van der Waals surface area contributed by atoms with Crippen LogP contribution in [0, 0.1) is 6.92 Å². The molecule has 0 bridgehead atoms. The van der Waals surface area contributed by atoms with Crippen LogP contribution in [0.4, 0.5) is 0 Å². The summed E-state index contributed by atoms with van der Waals surface area (Å²) in [6.07, 6.45) is 1.84. The molecule has 0 saturated heterocycles. The van der Waals surface area contributed by atoms with Gasteiger partial charge in [0.1, 0.15) is 5.75 Å². The molecule has 21 heavy (non-hydrogen) atoms. The van der Waals surface area contributed by atoms with E-state index in [1.54, 1.807) is 6.21 Å². The van der Waals surface area contributed by atoms with Crippen LogP contribution < -0.4 is 10.2 Å². The van der Waals surface area contributed by atoms with Crippen molar-refractivity contribution in [3.05, 3.63) is 45.9 Å². The maximum Gasteiger partial charge on any atom is 0.246 e. The molecule has 0 saturated carbocycles. The lowest BCUT2D eigenvalue weighted by Gasteiger charge is -2.02. The van der Waals surface area contributed by atoms with E-state index in [0.717, 1.165) is 22.0 Å². The molecule has 0 aliphatic rings. The van der Waals surface area contributed by atoms with Crippen LogP contribution in [-0.4, -0.2) is 23.7 Å². The number of thiazole rings is 1. The Balaban J connectivity index is 1.82. The Bertz CT molecular complexity index is 620. The first kappa shape index (κ1) is 15.2. The quantitative estimate of drug-likeness (QED) is 0.659. The first-order valence-electron chi connectivity index (χ1n) is 6.63. The average Bonchev–Trinajstić information content (AvgIpc) is 2.86. The number of hydrogen-bond donors (Lipinski definition) is 1. The van der Waals surface area contributed by atoms with Crippen molar-refractivity contribution in [3.8, 4) is 5.75 Å². The Labute approximate surface area is 127 Å². The molecule has 6 heteroatoms. The van der Waals surface area contributed by atoms with Crippen molar-refractivity contribution < 1.29 is 9.53 Å². The Morgan fingerprint density at radius 3 is 2.81 bits per heavy atom. The molecule has 0 radical (unpaired) electrons. The summed E-state index contributed by atoms with van der Waals surface area (Å²) in [6.45, 7) is 4.49. The van der Waals surface area contributed by atoms with Crippen LogP contribution in [0.5, 0.6) is 5.75 Å². The van der Waals surface area contributed by atoms with Gasteiger partial charge >= 0.3 is 0 Å². The summed E-state index contributed by atoms with van der Waals surface area (Å²) >= 11 is 1.53. The van der Waals surface area contributed by atoms with Crippen LogP contribution in [0.1, 0.15) is 23.2 Å². The van der Waals surface area contributed by atoms with Gasteiger partial charge in [-0.2, -0.15) is 5.10 Å². The zero-order chi connectivity index (χ0) is 15.1. The van der Waals surface area contributed by atoms with Gasteiger partial charge in [0.2, 0.25) is 5.91 Å². The summed E-state index contributed by atoms with van der Waals surface area (Å²) in [6, 6.07) is 7.49. The molecule has 2 rings (SSSR count). The summed E-state index contributed by atoms with van der Waals surface area (Å²) in [5.74, 6) is 0.639. The van der Waals surface area contributed by atoms with Gasteiger partial charge in [-0.3, -0.25) is 4.79 Å². The predicted octanol–water partition coefficient (Wildman–Crippen LogP) is 2.54. The third kappa shape index (κ3) is 5.00. The van der Waals surface area contributed by atoms with Gasteiger partial charge < -0.3 is 4.74 Å². The first-order chi connectivity index (χ1) is 10.2. The summed E-state index contributed by atoms with van der Waals surface area (Å²) in [5, 5.41) is 6.76. The molecule has 1 amide bonds. The van der Waals surface area contributed by atoms with Gasteiger partial charge in [0.05, 0.1) is 29.9 Å². The van der Waals surface area contributed by atoms with Crippen LogP contribution in [0.3, 0.4) is 0 Å². The number of amides is 1. The number of nitrogens with zero attached hydrogens (tertiary/aromatic N) is 2. The number of aromatic nitrogens is 1. The largest absolute Gasteiger partial charge is 0.494 e. The number of aryl methyl sites for hydroxylation is 1. The highest BCUT2D eigenvalue weighted by Gasteiger charge is 2.04. The lowest BCUT2D eigenvalue weighted by atomic mass is 10.2. The number of carbonyl (C=O) groups is 1. The minimum absolute atomic E-state index is 0.178. The van der Waals surface area contributed by atoms with Crippen LogP contribution in [0.2, 0.25) is 0 Å². The molecular formula is C15H17N3O2S. The maximum absolute atomic E-state index is 11.7. The number of ether oxygens (including phenoxy) is 1. The monoisotopic (exact) mass is 303 g/mol. The lowest BCUT2D eigenvalue weighted by molar-refractivity contribution is -0.120. The van der Waals surface area contributed by atoms with Crippen molar-refractivity contribution in [2.75, 3.05) is 6.61 Å². The summed E-state index contributed by atoms with van der Waals surface area (Å²) in [5.41, 5.74) is 4.15. The molecule has 0 spiro atoms. The molecule has 1 aromatic heterocycles. The van der Waals surface area contributed by atoms with Gasteiger partial charge in [-0.1, -0.05) is 0 Å². The van der Waals surface area contributed by atoms with Gasteiger partial charge in [-0.25, -0.2) is 10.4 Å². The van der Waals surface area contributed by atoms with E-state index in [1.807, 2.05) is 43.5 Å². The van der Waals surface area contributed by atoms with Crippen LogP contribution in [-0.2, 0) is 11.2 Å². The Morgan fingerprint density at radius 2 is 2.19 bits per heavy atom. The van der Waals surface area contributed by atoms with Gasteiger partial charge in [0, 0.05) is 5.38 Å². The predicted molar refractivity (Wildman–Crippen MR) is 83.9 cm³/mol. The molecule has 1 aromatic carbocycles. The van der Waals surface area contributed by atoms with Crippen molar-refractivity contribution in [2.45, 2.75) is 20.3 Å². The molecule has 2 aromatic rings. The van der Waals surface area contributed by atoms with Crippen molar-refractivity contribution in [3.63, 3.8) is 0 Å². The number of hydrogen-bond acceptors (Lipinski definition) is 5. The van der Waals surface area contributed by atoms with Crippen molar-refractivity contribution in [1.29, 1.82) is 0 Å². The van der Waals surface area contributed by atoms with Crippen LogP contribution >= 0.6 is 11.3 Å². The van der Waals surface area contributed by atoms with Crippen molar-refractivity contribution in [2.24, 2.45) is 5.10 Å². The lowest BCUT2D eigenvalue weighted by Crippen LogP contribution is -2.19. The zero-order valence-electron chi connectivity index (χ0n) is 12.0. The van der Waals surface area contributed by atoms with Crippen molar-refractivity contribution in [1.82, 2.24) is 10.4 Å². The SMILES string of the molecule is CCOc1ccc(/C=N\NC(=O)Cc2csc(C)n2)cc1. The van der Waals surface area contributed by atoms with Gasteiger partial charge in [0.15, 0.2) is 0 Å². The molecule has 0 atom stereocenters. The van der Waals surface area contributed by atoms with E-state index in [9.17, 15) is 4.79 Å². The van der Waals surface area contributed by atoms with Gasteiger partial charge in [-0.15, -0.1) is 11.3 Å². The summed E-state index contributed by atoms with van der Waals surface area (Å²) in [4.78, 5) is 15.9. The minimum Gasteiger partial charge on any atom is -0.494 e. The number of nitrogens with one attached hydrogen (secondary N) is 1. The molecule has 0 unspecified atom stereocenters. The van der Waals surface area contributed by atoms with Gasteiger partial charge in [-0.05, 0) is 43.7 Å². The fraction of sp³-hybridized carbons (Fsp3) is 0.267.